The van der Waals surface area contributed by atoms with E-state index in [0.717, 1.165) is 33.4 Å². The summed E-state index contributed by atoms with van der Waals surface area (Å²) < 4.78 is 10.1. The van der Waals surface area contributed by atoms with Gasteiger partial charge >= 0.3 is 0 Å². The number of rotatable bonds is 6. The fourth-order valence-corrected chi connectivity index (χ4v) is 2.99. The highest BCUT2D eigenvalue weighted by molar-refractivity contribution is 7.11. The molecule has 0 bridgehead atoms. The Morgan fingerprint density at radius 3 is 0.970 bits per heavy atom. The van der Waals surface area contributed by atoms with E-state index in [9.17, 15) is 0 Å². The smallest absolute Gasteiger partial charge is 0.229 e. The number of nitrogens with zero attached hydrogens (tertiary/aromatic N) is 6. The van der Waals surface area contributed by atoms with Crippen molar-refractivity contribution in [2.45, 2.75) is 119 Å². The normalized spacial score (nSPS) is 11.5. The summed E-state index contributed by atoms with van der Waals surface area (Å²) in [5, 5.41) is 18.2. The third kappa shape index (κ3) is 9.70. The second-order valence-electron chi connectivity index (χ2n) is 9.89. The lowest BCUT2D eigenvalue weighted by molar-refractivity contribution is 0.359. The first-order valence-corrected chi connectivity index (χ1v) is 12.6. The van der Waals surface area contributed by atoms with Crippen LogP contribution in [0.4, 0.5) is 0 Å². The Balaban J connectivity index is 0.000000247. The van der Waals surface area contributed by atoms with Crippen LogP contribution < -0.4 is 0 Å². The van der Waals surface area contributed by atoms with E-state index in [4.69, 9.17) is 9.05 Å². The second-order valence-corrected chi connectivity index (χ2v) is 10.9. The van der Waals surface area contributed by atoms with Crippen LogP contribution in [0, 0.1) is 0 Å². The zero-order valence-electron chi connectivity index (χ0n) is 22.4. The molecule has 8 nitrogen and oxygen atoms in total. The molecule has 9 heteroatoms. The lowest BCUT2D eigenvalue weighted by Crippen LogP contribution is -1.91. The summed E-state index contributed by atoms with van der Waals surface area (Å²) in [5.74, 6) is 5.45. The molecule has 0 amide bonds. The van der Waals surface area contributed by atoms with Crippen molar-refractivity contribution in [3.05, 3.63) is 33.4 Å². The summed E-state index contributed by atoms with van der Waals surface area (Å²) in [6.45, 7) is 24.9. The van der Waals surface area contributed by atoms with Crippen molar-refractivity contribution in [3.63, 3.8) is 0 Å². The first-order chi connectivity index (χ1) is 15.3. The molecule has 3 aromatic rings. The molecule has 0 saturated heterocycles. The standard InChI is InChI=1S/2C8H14N2O.C8H14N2S/c2*1-5(2)7-9-8(6(3)4)11-10-7;1-5(2)7-9-10-8(11-7)6(3)4/h3*5-6H,1-4H3. The Hall–Kier alpha value is -2.16. The van der Waals surface area contributed by atoms with Gasteiger partial charge in [-0.1, -0.05) is 93.4 Å². The second kappa shape index (κ2) is 13.5. The largest absolute Gasteiger partial charge is 0.339 e. The van der Waals surface area contributed by atoms with Gasteiger partial charge in [-0.2, -0.15) is 9.97 Å². The predicted octanol–water partition coefficient (Wildman–Crippen LogP) is 7.42. The van der Waals surface area contributed by atoms with Gasteiger partial charge in [-0.3, -0.25) is 0 Å². The van der Waals surface area contributed by atoms with Crippen LogP contribution in [-0.2, 0) is 0 Å². The van der Waals surface area contributed by atoms with Crippen molar-refractivity contribution < 1.29 is 9.05 Å². The summed E-state index contributed by atoms with van der Waals surface area (Å²) in [7, 11) is 0. The van der Waals surface area contributed by atoms with E-state index in [2.05, 4.69) is 85.9 Å². The molecule has 0 aliphatic carbocycles. The molecule has 3 aromatic heterocycles. The molecular formula is C24H42N6O2S. The molecule has 33 heavy (non-hydrogen) atoms. The van der Waals surface area contributed by atoms with Crippen LogP contribution in [0.1, 0.15) is 152 Å². The molecule has 0 aliphatic heterocycles. The molecule has 0 fully saturated rings. The fraction of sp³-hybridized carbons (Fsp3) is 0.750. The summed E-state index contributed by atoms with van der Waals surface area (Å²) in [6.07, 6.45) is 0. The van der Waals surface area contributed by atoms with E-state index in [-0.39, 0.29) is 0 Å². The SMILES string of the molecule is CC(C)c1nnc(C(C)C)s1.CC(C)c1noc(C(C)C)n1.CC(C)c1noc(C(C)C)n1. The molecule has 0 aromatic carbocycles. The van der Waals surface area contributed by atoms with Gasteiger partial charge < -0.3 is 9.05 Å². The Kier molecular flexibility index (Phi) is 11.8. The fourth-order valence-electron chi connectivity index (χ4n) is 2.15. The number of hydrogen-bond acceptors (Lipinski definition) is 9. The van der Waals surface area contributed by atoms with E-state index in [1.54, 1.807) is 11.3 Å². The van der Waals surface area contributed by atoms with Gasteiger partial charge in [0.15, 0.2) is 11.6 Å². The summed E-state index contributed by atoms with van der Waals surface area (Å²) in [5.41, 5.74) is 0. The maximum Gasteiger partial charge on any atom is 0.229 e. The average molecular weight is 479 g/mol. The quantitative estimate of drug-likeness (QED) is 0.360. The van der Waals surface area contributed by atoms with Gasteiger partial charge in [-0.25, -0.2) is 0 Å². The maximum absolute atomic E-state index is 5.03. The van der Waals surface area contributed by atoms with Crippen LogP contribution in [0.3, 0.4) is 0 Å². The summed E-state index contributed by atoms with van der Waals surface area (Å²) in [4.78, 5) is 8.46. The highest BCUT2D eigenvalue weighted by atomic mass is 32.1. The zero-order valence-corrected chi connectivity index (χ0v) is 23.2. The van der Waals surface area contributed by atoms with Crippen molar-refractivity contribution in [3.8, 4) is 0 Å². The topological polar surface area (TPSA) is 104 Å². The highest BCUT2D eigenvalue weighted by Crippen LogP contribution is 2.23. The minimum absolute atomic E-state index is 0.329. The van der Waals surface area contributed by atoms with Crippen molar-refractivity contribution in [1.29, 1.82) is 0 Å². The van der Waals surface area contributed by atoms with Gasteiger partial charge in [0.05, 0.1) is 0 Å². The van der Waals surface area contributed by atoms with Crippen molar-refractivity contribution in [2.24, 2.45) is 0 Å². The Morgan fingerprint density at radius 2 is 0.818 bits per heavy atom. The maximum atomic E-state index is 5.03. The predicted molar refractivity (Wildman–Crippen MR) is 133 cm³/mol. The van der Waals surface area contributed by atoms with Gasteiger partial charge in [0.1, 0.15) is 10.0 Å². The number of hydrogen-bond donors (Lipinski definition) is 0. The lowest BCUT2D eigenvalue weighted by atomic mass is 10.2. The molecule has 186 valence electrons. The molecule has 3 heterocycles. The lowest BCUT2D eigenvalue weighted by Gasteiger charge is -1.95. The molecule has 0 N–H and O–H groups in total. The van der Waals surface area contributed by atoms with Gasteiger partial charge in [0.2, 0.25) is 11.8 Å². The van der Waals surface area contributed by atoms with Crippen LogP contribution >= 0.6 is 11.3 Å². The molecule has 0 radical (unpaired) electrons. The highest BCUT2D eigenvalue weighted by Gasteiger charge is 2.12. The van der Waals surface area contributed by atoms with Gasteiger partial charge in [-0.05, 0) is 0 Å². The van der Waals surface area contributed by atoms with E-state index < -0.39 is 0 Å². The van der Waals surface area contributed by atoms with Crippen LogP contribution in [-0.4, -0.2) is 30.5 Å². The average Bonchev–Trinajstić information content (AvgIpc) is 3.49. The Bertz CT molecular complexity index is 738. The van der Waals surface area contributed by atoms with Crippen molar-refractivity contribution >= 4 is 11.3 Å². The molecule has 0 atom stereocenters. The first kappa shape index (κ1) is 28.9. The molecule has 0 spiro atoms. The molecule has 0 unspecified atom stereocenters. The minimum atomic E-state index is 0.329. The van der Waals surface area contributed by atoms with Gasteiger partial charge in [0.25, 0.3) is 0 Å². The zero-order chi connectivity index (χ0) is 25.3. The van der Waals surface area contributed by atoms with E-state index >= 15 is 0 Å². The van der Waals surface area contributed by atoms with E-state index in [1.165, 1.54) is 0 Å². The Labute approximate surface area is 203 Å². The third-order valence-electron chi connectivity index (χ3n) is 4.38. The van der Waals surface area contributed by atoms with Crippen LogP contribution in [0.5, 0.6) is 0 Å². The summed E-state index contributed by atoms with van der Waals surface area (Å²) >= 11 is 1.73. The Morgan fingerprint density at radius 1 is 0.485 bits per heavy atom. The third-order valence-corrected chi connectivity index (χ3v) is 5.90. The first-order valence-electron chi connectivity index (χ1n) is 11.8. The molecule has 3 rings (SSSR count). The minimum Gasteiger partial charge on any atom is -0.339 e. The van der Waals surface area contributed by atoms with Crippen molar-refractivity contribution in [1.82, 2.24) is 30.5 Å². The van der Waals surface area contributed by atoms with E-state index in [1.807, 2.05) is 27.7 Å². The van der Waals surface area contributed by atoms with Crippen LogP contribution in [0.25, 0.3) is 0 Å². The molecule has 0 saturated carbocycles. The van der Waals surface area contributed by atoms with Crippen LogP contribution in [0.15, 0.2) is 9.05 Å². The van der Waals surface area contributed by atoms with Gasteiger partial charge in [-0.15, -0.1) is 21.5 Å². The monoisotopic (exact) mass is 478 g/mol. The summed E-state index contributed by atoms with van der Waals surface area (Å²) in [6, 6.07) is 0. The van der Waals surface area contributed by atoms with Gasteiger partial charge in [0, 0.05) is 35.5 Å². The molecule has 0 aliphatic rings. The van der Waals surface area contributed by atoms with Crippen molar-refractivity contribution in [2.75, 3.05) is 0 Å². The van der Waals surface area contributed by atoms with Crippen LogP contribution in [0.2, 0.25) is 0 Å². The molecular weight excluding hydrogens is 436 g/mol. The van der Waals surface area contributed by atoms with E-state index in [0.29, 0.717) is 35.5 Å². The number of aromatic nitrogens is 6.